The SMILES string of the molecule is Cc1ccc(S(=O)(=O)N(CC(=O)N(Cc2cccc(Br)c2)[C@@H](Cc2ccccc2)C(=O)NC2CCCC2)c2ccc(Cl)cc2)cc1. The molecule has 0 saturated heterocycles. The summed E-state index contributed by atoms with van der Waals surface area (Å²) in [5, 5.41) is 3.63. The van der Waals surface area contributed by atoms with E-state index in [2.05, 4.69) is 21.2 Å². The number of benzene rings is 4. The van der Waals surface area contributed by atoms with E-state index >= 15 is 0 Å². The van der Waals surface area contributed by atoms with Gasteiger partial charge in [0.1, 0.15) is 12.6 Å². The monoisotopic (exact) mass is 721 g/mol. The first-order valence-electron chi connectivity index (χ1n) is 15.3. The number of halogens is 2. The van der Waals surface area contributed by atoms with Crippen molar-refractivity contribution in [2.45, 2.75) is 62.6 Å². The van der Waals surface area contributed by atoms with Crippen LogP contribution in [0.15, 0.2) is 112 Å². The number of nitrogens with one attached hydrogen (secondary N) is 1. The molecule has 10 heteroatoms. The van der Waals surface area contributed by atoms with Crippen molar-refractivity contribution in [1.82, 2.24) is 10.2 Å². The van der Waals surface area contributed by atoms with Crippen molar-refractivity contribution in [1.29, 1.82) is 0 Å². The van der Waals surface area contributed by atoms with Crippen molar-refractivity contribution >= 4 is 55.1 Å². The van der Waals surface area contributed by atoms with Crippen LogP contribution in [-0.2, 0) is 32.6 Å². The Kier molecular flexibility index (Phi) is 11.2. The van der Waals surface area contributed by atoms with Crippen LogP contribution in [0.3, 0.4) is 0 Å². The Morgan fingerprint density at radius 3 is 2.20 bits per heavy atom. The second-order valence-electron chi connectivity index (χ2n) is 11.6. The van der Waals surface area contributed by atoms with E-state index in [0.29, 0.717) is 5.02 Å². The number of hydrogen-bond donors (Lipinski definition) is 1. The zero-order valence-electron chi connectivity index (χ0n) is 25.6. The number of aryl methyl sites for hydroxylation is 1. The van der Waals surface area contributed by atoms with Crippen LogP contribution < -0.4 is 9.62 Å². The Morgan fingerprint density at radius 1 is 0.891 bits per heavy atom. The Labute approximate surface area is 284 Å². The van der Waals surface area contributed by atoms with Crippen molar-refractivity contribution in [2.75, 3.05) is 10.8 Å². The summed E-state index contributed by atoms with van der Waals surface area (Å²) in [7, 11) is -4.18. The third-order valence-corrected chi connectivity index (χ3v) is 10.8. The summed E-state index contributed by atoms with van der Waals surface area (Å²) in [5.41, 5.74) is 2.89. The number of rotatable bonds is 12. The minimum atomic E-state index is -4.18. The third kappa shape index (κ3) is 8.57. The van der Waals surface area contributed by atoms with Gasteiger partial charge in [-0.3, -0.25) is 13.9 Å². The van der Waals surface area contributed by atoms with Gasteiger partial charge in [-0.1, -0.05) is 101 Å². The third-order valence-electron chi connectivity index (χ3n) is 8.22. The van der Waals surface area contributed by atoms with Crippen molar-refractivity contribution in [2.24, 2.45) is 0 Å². The van der Waals surface area contributed by atoms with E-state index in [1.807, 2.05) is 61.5 Å². The van der Waals surface area contributed by atoms with Gasteiger partial charge in [0, 0.05) is 28.5 Å². The number of sulfonamides is 1. The molecule has 1 atom stereocenters. The number of hydrogen-bond acceptors (Lipinski definition) is 4. The molecule has 4 aromatic rings. The van der Waals surface area contributed by atoms with Gasteiger partial charge in [-0.05, 0) is 79.4 Å². The summed E-state index contributed by atoms with van der Waals surface area (Å²) in [5.74, 6) is -0.758. The lowest BCUT2D eigenvalue weighted by Crippen LogP contribution is -2.54. The molecule has 1 fully saturated rings. The smallest absolute Gasteiger partial charge is 0.264 e. The minimum absolute atomic E-state index is 0.0427. The fourth-order valence-corrected chi connectivity index (χ4v) is 7.71. The molecule has 5 rings (SSSR count). The highest BCUT2D eigenvalue weighted by molar-refractivity contribution is 9.10. The lowest BCUT2D eigenvalue weighted by Gasteiger charge is -2.34. The second-order valence-corrected chi connectivity index (χ2v) is 14.9. The van der Waals surface area contributed by atoms with Gasteiger partial charge in [-0.2, -0.15) is 0 Å². The van der Waals surface area contributed by atoms with Gasteiger partial charge < -0.3 is 10.2 Å². The van der Waals surface area contributed by atoms with E-state index in [0.717, 1.165) is 51.2 Å². The maximum atomic E-state index is 14.6. The zero-order valence-corrected chi connectivity index (χ0v) is 28.8. The molecule has 0 radical (unpaired) electrons. The van der Waals surface area contributed by atoms with Crippen LogP contribution >= 0.6 is 27.5 Å². The topological polar surface area (TPSA) is 86.8 Å². The molecule has 7 nitrogen and oxygen atoms in total. The molecule has 240 valence electrons. The van der Waals surface area contributed by atoms with Crippen molar-refractivity contribution in [3.63, 3.8) is 0 Å². The zero-order chi connectivity index (χ0) is 32.7. The molecule has 0 spiro atoms. The van der Waals surface area contributed by atoms with E-state index in [9.17, 15) is 18.0 Å². The van der Waals surface area contributed by atoms with Gasteiger partial charge in [0.2, 0.25) is 11.8 Å². The van der Waals surface area contributed by atoms with E-state index < -0.39 is 28.5 Å². The maximum absolute atomic E-state index is 14.6. The van der Waals surface area contributed by atoms with Crippen molar-refractivity contribution in [3.05, 3.63) is 129 Å². The van der Waals surface area contributed by atoms with E-state index in [4.69, 9.17) is 11.6 Å². The molecule has 1 aliphatic carbocycles. The van der Waals surface area contributed by atoms with Gasteiger partial charge in [0.15, 0.2) is 0 Å². The minimum Gasteiger partial charge on any atom is -0.352 e. The molecular weight excluding hydrogens is 686 g/mol. The van der Waals surface area contributed by atoms with Gasteiger partial charge in [-0.25, -0.2) is 8.42 Å². The Bertz CT molecular complexity index is 1750. The molecule has 0 aromatic heterocycles. The largest absolute Gasteiger partial charge is 0.352 e. The molecule has 1 saturated carbocycles. The molecule has 1 N–H and O–H groups in total. The van der Waals surface area contributed by atoms with Gasteiger partial charge in [-0.15, -0.1) is 0 Å². The molecule has 0 bridgehead atoms. The quantitative estimate of drug-likeness (QED) is 0.166. The van der Waals surface area contributed by atoms with Gasteiger partial charge in [0.25, 0.3) is 10.0 Å². The van der Waals surface area contributed by atoms with E-state index in [1.54, 1.807) is 36.4 Å². The van der Waals surface area contributed by atoms with Crippen molar-refractivity contribution in [3.8, 4) is 0 Å². The molecule has 0 unspecified atom stereocenters. The number of nitrogens with zero attached hydrogens (tertiary/aromatic N) is 2. The van der Waals surface area contributed by atoms with Crippen LogP contribution in [0.5, 0.6) is 0 Å². The van der Waals surface area contributed by atoms with Crippen LogP contribution in [0.2, 0.25) is 5.02 Å². The first-order valence-corrected chi connectivity index (χ1v) is 17.9. The molecular formula is C36H37BrClN3O4S. The van der Waals surface area contributed by atoms with Crippen LogP contribution in [0, 0.1) is 6.92 Å². The molecule has 1 aliphatic rings. The maximum Gasteiger partial charge on any atom is 0.264 e. The predicted octanol–water partition coefficient (Wildman–Crippen LogP) is 7.31. The summed E-state index contributed by atoms with van der Waals surface area (Å²) in [6.07, 6.45) is 4.14. The molecule has 0 aliphatic heterocycles. The highest BCUT2D eigenvalue weighted by atomic mass is 79.9. The summed E-state index contributed by atoms with van der Waals surface area (Å²) in [4.78, 5) is 30.3. The number of carbonyl (C=O) groups is 2. The lowest BCUT2D eigenvalue weighted by atomic mass is 10.0. The summed E-state index contributed by atoms with van der Waals surface area (Å²) in [6, 6.07) is 29.1. The second kappa shape index (κ2) is 15.3. The molecule has 4 aromatic carbocycles. The molecule has 2 amide bonds. The lowest BCUT2D eigenvalue weighted by molar-refractivity contribution is -0.140. The first-order chi connectivity index (χ1) is 22.1. The fourth-order valence-electron chi connectivity index (χ4n) is 5.73. The van der Waals surface area contributed by atoms with Crippen LogP contribution in [0.1, 0.15) is 42.4 Å². The van der Waals surface area contributed by atoms with Crippen molar-refractivity contribution < 1.29 is 18.0 Å². The number of carbonyl (C=O) groups excluding carboxylic acids is 2. The standard InChI is InChI=1S/C36H37BrClN3O4S/c1-26-14-20-33(21-15-26)46(44,45)41(32-18-16-30(38)17-19-32)25-35(42)40(24-28-10-7-11-29(37)22-28)34(23-27-8-3-2-4-9-27)36(43)39-31-12-5-6-13-31/h2-4,7-11,14-22,31,34H,5-6,12-13,23-25H2,1H3,(H,39,43)/t34-/m0/s1. The average Bonchev–Trinajstić information content (AvgIpc) is 3.55. The number of anilines is 1. The van der Waals surface area contributed by atoms with E-state index in [1.165, 1.54) is 17.0 Å². The van der Waals surface area contributed by atoms with Crippen LogP contribution in [-0.4, -0.2) is 43.8 Å². The van der Waals surface area contributed by atoms with Crippen LogP contribution in [0.25, 0.3) is 0 Å². The van der Waals surface area contributed by atoms with Gasteiger partial charge in [0.05, 0.1) is 10.6 Å². The molecule has 0 heterocycles. The summed E-state index contributed by atoms with van der Waals surface area (Å²) >= 11 is 9.68. The van der Waals surface area contributed by atoms with Crippen LogP contribution in [0.4, 0.5) is 5.69 Å². The van der Waals surface area contributed by atoms with Gasteiger partial charge >= 0.3 is 0 Å². The Hall–Kier alpha value is -3.66. The Balaban J connectivity index is 1.56. The Morgan fingerprint density at radius 2 is 1.54 bits per heavy atom. The molecule has 46 heavy (non-hydrogen) atoms. The fraction of sp³-hybridized carbons (Fsp3) is 0.278. The predicted molar refractivity (Wildman–Crippen MR) is 186 cm³/mol. The van der Waals surface area contributed by atoms with E-state index in [-0.39, 0.29) is 35.5 Å². The number of amides is 2. The first kappa shape index (κ1) is 33.7. The highest BCUT2D eigenvalue weighted by Gasteiger charge is 2.35. The summed E-state index contributed by atoms with van der Waals surface area (Å²) in [6.45, 7) is 1.46. The average molecular weight is 723 g/mol. The normalized spacial score (nSPS) is 14.1. The summed E-state index contributed by atoms with van der Waals surface area (Å²) < 4.78 is 30.2. The highest BCUT2D eigenvalue weighted by Crippen LogP contribution is 2.27.